The summed E-state index contributed by atoms with van der Waals surface area (Å²) in [6.07, 6.45) is 0. The number of hydrogen-bond donors (Lipinski definition) is 2. The third-order valence-electron chi connectivity index (χ3n) is 2.58. The molecule has 0 aliphatic heterocycles. The van der Waals surface area contributed by atoms with Gasteiger partial charge in [0.15, 0.2) is 0 Å². The summed E-state index contributed by atoms with van der Waals surface area (Å²) in [5.41, 5.74) is 0.846. The molecular weight excluding hydrogens is 269 g/mol. The predicted molar refractivity (Wildman–Crippen MR) is 72.2 cm³/mol. The summed E-state index contributed by atoms with van der Waals surface area (Å²) in [5.74, 6) is -1.38. The maximum absolute atomic E-state index is 13.6. The first kappa shape index (κ1) is 13.4. The first-order valence-electron chi connectivity index (χ1n) is 5.53. The summed E-state index contributed by atoms with van der Waals surface area (Å²) in [5, 5.41) is 12.3. The van der Waals surface area contributed by atoms with Crippen molar-refractivity contribution in [1.29, 1.82) is 0 Å². The van der Waals surface area contributed by atoms with Crippen LogP contribution in [-0.4, -0.2) is 11.0 Å². The number of hydrogen-bond acceptors (Lipinski definition) is 2. The highest BCUT2D eigenvalue weighted by Gasteiger charge is 2.13. The zero-order valence-corrected chi connectivity index (χ0v) is 10.8. The molecule has 0 saturated heterocycles. The van der Waals surface area contributed by atoms with Crippen LogP contribution in [0.4, 0.5) is 10.1 Å². The predicted octanol–water partition coefficient (Wildman–Crippen LogP) is 3.75. The summed E-state index contributed by atoms with van der Waals surface area (Å²) in [7, 11) is 0. The molecule has 2 N–H and O–H groups in total. The maximum Gasteiger partial charge on any atom is 0.259 e. The van der Waals surface area contributed by atoms with Crippen LogP contribution in [0.2, 0.25) is 5.02 Å². The number of carbonyl (C=O) groups excluding carboxylic acids is 1. The SMILES string of the molecule is Cc1ccc(NC(=O)c2ccc(Cl)cc2O)c(F)c1. The van der Waals surface area contributed by atoms with Gasteiger partial charge in [-0.15, -0.1) is 0 Å². The molecule has 0 unspecified atom stereocenters. The van der Waals surface area contributed by atoms with Gasteiger partial charge in [0.05, 0.1) is 11.3 Å². The first-order valence-corrected chi connectivity index (χ1v) is 5.91. The van der Waals surface area contributed by atoms with E-state index in [1.807, 2.05) is 0 Å². The molecule has 3 nitrogen and oxygen atoms in total. The van der Waals surface area contributed by atoms with E-state index in [1.54, 1.807) is 13.0 Å². The molecule has 0 aromatic heterocycles. The molecule has 19 heavy (non-hydrogen) atoms. The number of amides is 1. The zero-order valence-electron chi connectivity index (χ0n) is 10.1. The van der Waals surface area contributed by atoms with Crippen LogP contribution in [0.15, 0.2) is 36.4 Å². The summed E-state index contributed by atoms with van der Waals surface area (Å²) < 4.78 is 13.6. The van der Waals surface area contributed by atoms with E-state index in [0.29, 0.717) is 5.02 Å². The lowest BCUT2D eigenvalue weighted by molar-refractivity contribution is 0.102. The van der Waals surface area contributed by atoms with Crippen molar-refractivity contribution in [3.05, 3.63) is 58.4 Å². The zero-order chi connectivity index (χ0) is 14.0. The quantitative estimate of drug-likeness (QED) is 0.880. The molecular formula is C14H11ClFNO2. The molecule has 0 radical (unpaired) electrons. The van der Waals surface area contributed by atoms with Crippen LogP contribution in [-0.2, 0) is 0 Å². The Balaban J connectivity index is 2.25. The average Bonchev–Trinajstić information content (AvgIpc) is 2.32. The van der Waals surface area contributed by atoms with Crippen LogP contribution in [0, 0.1) is 12.7 Å². The number of rotatable bonds is 2. The van der Waals surface area contributed by atoms with Crippen LogP contribution >= 0.6 is 11.6 Å². The Morgan fingerprint density at radius 2 is 2.00 bits per heavy atom. The van der Waals surface area contributed by atoms with E-state index in [2.05, 4.69) is 5.32 Å². The van der Waals surface area contributed by atoms with Crippen molar-refractivity contribution in [3.63, 3.8) is 0 Å². The second-order valence-corrected chi connectivity index (χ2v) is 4.54. The molecule has 0 aliphatic rings. The van der Waals surface area contributed by atoms with Gasteiger partial charge in [-0.3, -0.25) is 4.79 Å². The number of phenolic OH excluding ortho intramolecular Hbond substituents is 1. The molecule has 2 rings (SSSR count). The third kappa shape index (κ3) is 3.03. The largest absolute Gasteiger partial charge is 0.507 e. The normalized spacial score (nSPS) is 10.3. The van der Waals surface area contributed by atoms with Gasteiger partial charge in [0.2, 0.25) is 0 Å². The van der Waals surface area contributed by atoms with Gasteiger partial charge in [0, 0.05) is 5.02 Å². The molecule has 1 amide bonds. The van der Waals surface area contributed by atoms with E-state index < -0.39 is 11.7 Å². The van der Waals surface area contributed by atoms with Crippen LogP contribution in [0.25, 0.3) is 0 Å². The Labute approximate surface area is 114 Å². The number of phenols is 1. The molecule has 0 fully saturated rings. The van der Waals surface area contributed by atoms with E-state index in [4.69, 9.17) is 11.6 Å². The van der Waals surface area contributed by atoms with Crippen molar-refractivity contribution in [1.82, 2.24) is 0 Å². The lowest BCUT2D eigenvalue weighted by Gasteiger charge is -2.08. The van der Waals surface area contributed by atoms with Crippen molar-refractivity contribution < 1.29 is 14.3 Å². The Morgan fingerprint density at radius 3 is 2.63 bits per heavy atom. The molecule has 2 aromatic rings. The van der Waals surface area contributed by atoms with E-state index in [-0.39, 0.29) is 17.0 Å². The molecule has 0 atom stereocenters. The van der Waals surface area contributed by atoms with E-state index in [9.17, 15) is 14.3 Å². The molecule has 98 valence electrons. The lowest BCUT2D eigenvalue weighted by Crippen LogP contribution is -2.13. The van der Waals surface area contributed by atoms with E-state index >= 15 is 0 Å². The van der Waals surface area contributed by atoms with Gasteiger partial charge in [0.25, 0.3) is 5.91 Å². The van der Waals surface area contributed by atoms with Crippen LogP contribution < -0.4 is 5.32 Å². The van der Waals surface area contributed by atoms with Gasteiger partial charge >= 0.3 is 0 Å². The number of halogens is 2. The molecule has 5 heteroatoms. The van der Waals surface area contributed by atoms with Crippen LogP contribution in [0.3, 0.4) is 0 Å². The molecule has 0 saturated carbocycles. The minimum absolute atomic E-state index is 0.0318. The Bertz CT molecular complexity index is 643. The fraction of sp³-hybridized carbons (Fsp3) is 0.0714. The van der Waals surface area contributed by atoms with Crippen molar-refractivity contribution in [2.45, 2.75) is 6.92 Å². The van der Waals surface area contributed by atoms with E-state index in [0.717, 1.165) is 5.56 Å². The molecule has 0 heterocycles. The highest BCUT2D eigenvalue weighted by molar-refractivity contribution is 6.30. The van der Waals surface area contributed by atoms with Crippen LogP contribution in [0.1, 0.15) is 15.9 Å². The van der Waals surface area contributed by atoms with Gasteiger partial charge in [-0.2, -0.15) is 0 Å². The second kappa shape index (κ2) is 5.28. The number of anilines is 1. The summed E-state index contributed by atoms with van der Waals surface area (Å²) in [6, 6.07) is 8.57. The van der Waals surface area contributed by atoms with Gasteiger partial charge < -0.3 is 10.4 Å². The number of aromatic hydroxyl groups is 1. The smallest absolute Gasteiger partial charge is 0.259 e. The Kier molecular flexibility index (Phi) is 3.71. The number of aryl methyl sites for hydroxylation is 1. The minimum Gasteiger partial charge on any atom is -0.507 e. The third-order valence-corrected chi connectivity index (χ3v) is 2.81. The fourth-order valence-corrected chi connectivity index (χ4v) is 1.77. The number of benzene rings is 2. The van der Waals surface area contributed by atoms with Crippen molar-refractivity contribution in [2.75, 3.05) is 5.32 Å². The van der Waals surface area contributed by atoms with Crippen molar-refractivity contribution >= 4 is 23.2 Å². The number of nitrogens with one attached hydrogen (secondary N) is 1. The van der Waals surface area contributed by atoms with Gasteiger partial charge in [-0.1, -0.05) is 17.7 Å². The fourth-order valence-electron chi connectivity index (χ4n) is 1.61. The Morgan fingerprint density at radius 1 is 1.26 bits per heavy atom. The topological polar surface area (TPSA) is 49.3 Å². The average molecular weight is 280 g/mol. The monoisotopic (exact) mass is 279 g/mol. The molecule has 2 aromatic carbocycles. The van der Waals surface area contributed by atoms with Crippen LogP contribution in [0.5, 0.6) is 5.75 Å². The lowest BCUT2D eigenvalue weighted by atomic mass is 10.1. The summed E-state index contributed by atoms with van der Waals surface area (Å²) in [6.45, 7) is 1.75. The van der Waals surface area contributed by atoms with E-state index in [1.165, 1.54) is 30.3 Å². The van der Waals surface area contributed by atoms with Gasteiger partial charge in [-0.05, 0) is 42.8 Å². The van der Waals surface area contributed by atoms with Crippen molar-refractivity contribution in [3.8, 4) is 5.75 Å². The number of carbonyl (C=O) groups is 1. The first-order chi connectivity index (χ1) is 8.97. The van der Waals surface area contributed by atoms with Gasteiger partial charge in [0.1, 0.15) is 11.6 Å². The standard InChI is InChI=1S/C14H11ClFNO2/c1-8-2-5-12(11(16)6-8)17-14(19)10-4-3-9(15)7-13(10)18/h2-7,18H,1H3,(H,17,19). The summed E-state index contributed by atoms with van der Waals surface area (Å²) >= 11 is 5.67. The highest BCUT2D eigenvalue weighted by atomic mass is 35.5. The summed E-state index contributed by atoms with van der Waals surface area (Å²) in [4.78, 5) is 11.9. The maximum atomic E-state index is 13.6. The molecule has 0 aliphatic carbocycles. The minimum atomic E-state index is -0.600. The molecule has 0 bridgehead atoms. The highest BCUT2D eigenvalue weighted by Crippen LogP contribution is 2.23. The second-order valence-electron chi connectivity index (χ2n) is 4.10. The molecule has 0 spiro atoms. The van der Waals surface area contributed by atoms with Crippen molar-refractivity contribution in [2.24, 2.45) is 0 Å². The van der Waals surface area contributed by atoms with Gasteiger partial charge in [-0.25, -0.2) is 4.39 Å². The Hall–Kier alpha value is -2.07.